The highest BCUT2D eigenvalue weighted by atomic mass is 32.1. The number of hydrogen-bond donors (Lipinski definition) is 3. The molecule has 2 heterocycles. The van der Waals surface area contributed by atoms with Crippen molar-refractivity contribution >= 4 is 22.9 Å². The van der Waals surface area contributed by atoms with E-state index < -0.39 is 0 Å². The predicted molar refractivity (Wildman–Crippen MR) is 72.7 cm³/mol. The predicted octanol–water partition coefficient (Wildman–Crippen LogP) is 2.08. The quantitative estimate of drug-likeness (QED) is 0.791. The van der Waals surface area contributed by atoms with Gasteiger partial charge in [-0.3, -0.25) is 4.79 Å². The number of aromatic nitrogens is 1. The molecule has 0 unspecified atom stereocenters. The third-order valence-electron chi connectivity index (χ3n) is 3.17. The largest absolute Gasteiger partial charge is 0.397 e. The number of hydrogen-bond acceptors (Lipinski definition) is 3. The summed E-state index contributed by atoms with van der Waals surface area (Å²) in [6.07, 6.45) is 5.28. The van der Waals surface area contributed by atoms with E-state index in [1.807, 2.05) is 11.3 Å². The smallest absolute Gasteiger partial charge is 0.268 e. The fourth-order valence-corrected chi connectivity index (χ4v) is 3.48. The summed E-state index contributed by atoms with van der Waals surface area (Å²) < 4.78 is 0. The Bertz CT molecular complexity index is 563. The number of carbonyl (C=O) groups is 1. The van der Waals surface area contributed by atoms with Gasteiger partial charge in [-0.05, 0) is 37.0 Å². The van der Waals surface area contributed by atoms with Crippen LogP contribution < -0.4 is 11.1 Å². The first-order valence-electron chi connectivity index (χ1n) is 6.05. The van der Waals surface area contributed by atoms with Crippen LogP contribution >= 0.6 is 11.3 Å². The number of H-pyrrole nitrogens is 1. The van der Waals surface area contributed by atoms with Crippen LogP contribution in [0.5, 0.6) is 0 Å². The highest BCUT2D eigenvalue weighted by molar-refractivity contribution is 7.12. The number of aromatic amines is 1. The molecular weight excluding hydrogens is 246 g/mol. The van der Waals surface area contributed by atoms with Crippen LogP contribution in [-0.4, -0.2) is 10.9 Å². The van der Waals surface area contributed by atoms with E-state index >= 15 is 0 Å². The molecule has 1 aliphatic carbocycles. The molecule has 0 saturated heterocycles. The number of nitrogens with one attached hydrogen (secondary N) is 2. The second-order valence-electron chi connectivity index (χ2n) is 4.54. The Labute approximate surface area is 109 Å². The normalized spacial score (nSPS) is 13.6. The standard InChI is InChI=1S/C13H15N3OS/c14-9-5-11(15-6-9)13(17)16-7-10-4-8-2-1-3-12(8)18-10/h4-6,15H,1-3,7,14H2,(H,16,17). The average Bonchev–Trinajstić information content (AvgIpc) is 3.00. The Morgan fingerprint density at radius 2 is 2.33 bits per heavy atom. The van der Waals surface area contributed by atoms with Crippen molar-refractivity contribution in [3.63, 3.8) is 0 Å². The van der Waals surface area contributed by atoms with E-state index in [1.165, 1.54) is 34.6 Å². The highest BCUT2D eigenvalue weighted by Crippen LogP contribution is 2.30. The fraction of sp³-hybridized carbons (Fsp3) is 0.308. The van der Waals surface area contributed by atoms with Crippen LogP contribution in [-0.2, 0) is 19.4 Å². The maximum absolute atomic E-state index is 11.8. The Kier molecular flexibility index (Phi) is 2.83. The third kappa shape index (κ3) is 2.13. The molecule has 0 atom stereocenters. The van der Waals surface area contributed by atoms with Gasteiger partial charge >= 0.3 is 0 Å². The third-order valence-corrected chi connectivity index (χ3v) is 4.41. The lowest BCUT2D eigenvalue weighted by atomic mass is 10.2. The molecule has 0 radical (unpaired) electrons. The van der Waals surface area contributed by atoms with E-state index in [2.05, 4.69) is 16.4 Å². The first-order valence-corrected chi connectivity index (χ1v) is 6.86. The number of amides is 1. The van der Waals surface area contributed by atoms with Crippen LogP contribution in [0.25, 0.3) is 0 Å². The summed E-state index contributed by atoms with van der Waals surface area (Å²) in [5.41, 5.74) is 8.12. The van der Waals surface area contributed by atoms with E-state index in [1.54, 1.807) is 12.3 Å². The van der Waals surface area contributed by atoms with Gasteiger partial charge in [0.15, 0.2) is 0 Å². The molecule has 5 heteroatoms. The molecule has 0 aromatic carbocycles. The Hall–Kier alpha value is -1.75. The molecule has 1 aliphatic rings. The molecule has 94 valence electrons. The van der Waals surface area contributed by atoms with Gasteiger partial charge in [-0.25, -0.2) is 0 Å². The van der Waals surface area contributed by atoms with Gasteiger partial charge in [0.05, 0.1) is 6.54 Å². The lowest BCUT2D eigenvalue weighted by Crippen LogP contribution is -2.22. The number of thiophene rings is 1. The number of nitrogen functional groups attached to an aromatic ring is 1. The molecule has 4 N–H and O–H groups in total. The minimum atomic E-state index is -0.111. The van der Waals surface area contributed by atoms with Crippen molar-refractivity contribution in [1.29, 1.82) is 0 Å². The van der Waals surface area contributed by atoms with Crippen molar-refractivity contribution < 1.29 is 4.79 Å². The summed E-state index contributed by atoms with van der Waals surface area (Å²) in [5.74, 6) is -0.111. The van der Waals surface area contributed by atoms with Gasteiger partial charge in [0, 0.05) is 21.6 Å². The van der Waals surface area contributed by atoms with E-state index in [-0.39, 0.29) is 5.91 Å². The van der Waals surface area contributed by atoms with Crippen LogP contribution in [0.3, 0.4) is 0 Å². The van der Waals surface area contributed by atoms with Gasteiger partial charge in [-0.1, -0.05) is 0 Å². The first kappa shape index (κ1) is 11.3. The van der Waals surface area contributed by atoms with Gasteiger partial charge in [-0.2, -0.15) is 0 Å². The minimum Gasteiger partial charge on any atom is -0.397 e. The molecule has 0 fully saturated rings. The van der Waals surface area contributed by atoms with Gasteiger partial charge in [-0.15, -0.1) is 11.3 Å². The number of anilines is 1. The van der Waals surface area contributed by atoms with Crippen molar-refractivity contribution in [2.45, 2.75) is 25.8 Å². The van der Waals surface area contributed by atoms with Crippen LogP contribution in [0.15, 0.2) is 18.3 Å². The van der Waals surface area contributed by atoms with E-state index in [0.29, 0.717) is 17.9 Å². The van der Waals surface area contributed by atoms with Crippen molar-refractivity contribution in [1.82, 2.24) is 10.3 Å². The Morgan fingerprint density at radius 1 is 1.44 bits per heavy atom. The SMILES string of the molecule is Nc1c[nH]c(C(=O)NCc2cc3c(s2)CCC3)c1. The molecule has 2 aromatic heterocycles. The van der Waals surface area contributed by atoms with Crippen LogP contribution in [0.4, 0.5) is 5.69 Å². The summed E-state index contributed by atoms with van der Waals surface area (Å²) >= 11 is 1.81. The molecule has 0 bridgehead atoms. The summed E-state index contributed by atoms with van der Waals surface area (Å²) in [5, 5.41) is 2.90. The number of rotatable bonds is 3. The van der Waals surface area contributed by atoms with Crippen LogP contribution in [0.1, 0.15) is 32.2 Å². The monoisotopic (exact) mass is 261 g/mol. The van der Waals surface area contributed by atoms with Gasteiger partial charge in [0.1, 0.15) is 5.69 Å². The van der Waals surface area contributed by atoms with E-state index in [4.69, 9.17) is 5.73 Å². The summed E-state index contributed by atoms with van der Waals surface area (Å²) in [4.78, 5) is 17.4. The Morgan fingerprint density at radius 3 is 3.06 bits per heavy atom. The average molecular weight is 261 g/mol. The van der Waals surface area contributed by atoms with E-state index in [9.17, 15) is 4.79 Å². The maximum Gasteiger partial charge on any atom is 0.268 e. The van der Waals surface area contributed by atoms with E-state index in [0.717, 1.165) is 0 Å². The van der Waals surface area contributed by atoms with Crippen molar-refractivity contribution in [2.75, 3.05) is 5.73 Å². The zero-order valence-corrected chi connectivity index (χ0v) is 10.8. The maximum atomic E-state index is 11.8. The lowest BCUT2D eigenvalue weighted by molar-refractivity contribution is 0.0947. The van der Waals surface area contributed by atoms with Crippen LogP contribution in [0, 0.1) is 0 Å². The summed E-state index contributed by atoms with van der Waals surface area (Å²) in [6, 6.07) is 3.86. The Balaban J connectivity index is 1.62. The van der Waals surface area contributed by atoms with Gasteiger partial charge < -0.3 is 16.0 Å². The number of carbonyl (C=O) groups excluding carboxylic acids is 1. The molecule has 0 saturated carbocycles. The zero-order valence-electron chi connectivity index (χ0n) is 9.95. The number of aryl methyl sites for hydroxylation is 2. The molecular formula is C13H15N3OS. The molecule has 18 heavy (non-hydrogen) atoms. The summed E-state index contributed by atoms with van der Waals surface area (Å²) in [6.45, 7) is 0.593. The topological polar surface area (TPSA) is 70.9 Å². The molecule has 1 amide bonds. The van der Waals surface area contributed by atoms with Crippen LogP contribution in [0.2, 0.25) is 0 Å². The second kappa shape index (κ2) is 4.49. The fourth-order valence-electron chi connectivity index (χ4n) is 2.28. The number of nitrogens with two attached hydrogens (primary N) is 1. The van der Waals surface area contributed by atoms with Gasteiger partial charge in [0.25, 0.3) is 5.91 Å². The molecule has 4 nitrogen and oxygen atoms in total. The number of fused-ring (bicyclic) bond motifs is 1. The lowest BCUT2D eigenvalue weighted by Gasteiger charge is -2.01. The first-order chi connectivity index (χ1) is 8.72. The zero-order chi connectivity index (χ0) is 12.5. The van der Waals surface area contributed by atoms with Gasteiger partial charge in [0.2, 0.25) is 0 Å². The highest BCUT2D eigenvalue weighted by Gasteiger charge is 2.15. The minimum absolute atomic E-state index is 0.111. The summed E-state index contributed by atoms with van der Waals surface area (Å²) in [7, 11) is 0. The molecule has 3 rings (SSSR count). The van der Waals surface area contributed by atoms with Crippen molar-refractivity contribution in [2.24, 2.45) is 0 Å². The molecule has 0 spiro atoms. The van der Waals surface area contributed by atoms with Crippen molar-refractivity contribution in [3.8, 4) is 0 Å². The molecule has 0 aliphatic heterocycles. The molecule has 2 aromatic rings. The second-order valence-corrected chi connectivity index (χ2v) is 5.77. The van der Waals surface area contributed by atoms with Crippen molar-refractivity contribution in [3.05, 3.63) is 39.3 Å².